The van der Waals surface area contributed by atoms with Crippen molar-refractivity contribution >= 4 is 33.9 Å². The van der Waals surface area contributed by atoms with E-state index in [1.54, 1.807) is 12.1 Å². The summed E-state index contributed by atoms with van der Waals surface area (Å²) in [4.78, 5) is 34.9. The molecule has 2 aliphatic rings. The van der Waals surface area contributed by atoms with Gasteiger partial charge in [0, 0.05) is 68.5 Å². The maximum Gasteiger partial charge on any atom is 0.269 e. The van der Waals surface area contributed by atoms with Gasteiger partial charge in [-0.2, -0.15) is 4.37 Å². The molecule has 0 N–H and O–H groups in total. The zero-order chi connectivity index (χ0) is 24.4. The van der Waals surface area contributed by atoms with E-state index in [-0.39, 0.29) is 17.6 Å². The molecule has 0 aliphatic carbocycles. The van der Waals surface area contributed by atoms with Crippen LogP contribution in [0.4, 0.5) is 16.5 Å². The quantitative estimate of drug-likeness (QED) is 0.383. The van der Waals surface area contributed by atoms with Crippen molar-refractivity contribution in [3.05, 3.63) is 75.6 Å². The predicted octanol–water partition coefficient (Wildman–Crippen LogP) is 3.66. The standard InChI is InChI=1S/C25H28N6O3S/c1-18-4-6-19(7-5-18)17-23-26-25(35-27-23)30-12-2-3-22(30)24(32)29-15-13-28(14-16-29)20-8-10-21(11-9-20)31(33)34/h4-11,22H,2-3,12-17H2,1H3. The van der Waals surface area contributed by atoms with Gasteiger partial charge in [0.05, 0.1) is 4.92 Å². The summed E-state index contributed by atoms with van der Waals surface area (Å²) in [5.74, 6) is 0.949. The average Bonchev–Trinajstić information content (AvgIpc) is 3.55. The predicted molar refractivity (Wildman–Crippen MR) is 136 cm³/mol. The molecule has 182 valence electrons. The third-order valence-electron chi connectivity index (χ3n) is 6.74. The van der Waals surface area contributed by atoms with Gasteiger partial charge in [-0.15, -0.1) is 0 Å². The van der Waals surface area contributed by atoms with Crippen LogP contribution in [0.25, 0.3) is 0 Å². The number of aromatic nitrogens is 2. The lowest BCUT2D eigenvalue weighted by atomic mass is 10.1. The number of nitrogens with zero attached hydrogens (tertiary/aromatic N) is 6. The van der Waals surface area contributed by atoms with Crippen molar-refractivity contribution in [2.75, 3.05) is 42.5 Å². The lowest BCUT2D eigenvalue weighted by Crippen LogP contribution is -2.53. The van der Waals surface area contributed by atoms with Gasteiger partial charge in [-0.3, -0.25) is 14.9 Å². The van der Waals surface area contributed by atoms with Gasteiger partial charge in [0.25, 0.3) is 5.69 Å². The van der Waals surface area contributed by atoms with Gasteiger partial charge in [0.2, 0.25) is 11.0 Å². The molecule has 1 atom stereocenters. The molecule has 1 unspecified atom stereocenters. The van der Waals surface area contributed by atoms with E-state index in [2.05, 4.69) is 45.4 Å². The second-order valence-corrected chi connectivity index (χ2v) is 9.82. The van der Waals surface area contributed by atoms with E-state index < -0.39 is 4.92 Å². The van der Waals surface area contributed by atoms with E-state index >= 15 is 0 Å². The molecule has 2 saturated heterocycles. The first-order valence-electron chi connectivity index (χ1n) is 11.9. The molecule has 35 heavy (non-hydrogen) atoms. The molecule has 10 heteroatoms. The van der Waals surface area contributed by atoms with Gasteiger partial charge < -0.3 is 14.7 Å². The SMILES string of the molecule is Cc1ccc(Cc2nsc(N3CCCC3C(=O)N3CCN(c4ccc([N+](=O)[O-])cc4)CC3)n2)cc1. The molecule has 2 aliphatic heterocycles. The van der Waals surface area contributed by atoms with Crippen molar-refractivity contribution in [3.63, 3.8) is 0 Å². The summed E-state index contributed by atoms with van der Waals surface area (Å²) in [6.45, 7) is 5.57. The van der Waals surface area contributed by atoms with Crippen LogP contribution >= 0.6 is 11.5 Å². The Hall–Kier alpha value is -3.53. The number of anilines is 2. The van der Waals surface area contributed by atoms with Gasteiger partial charge in [-0.1, -0.05) is 29.8 Å². The van der Waals surface area contributed by atoms with Crippen LogP contribution in [0.5, 0.6) is 0 Å². The molecule has 3 heterocycles. The van der Waals surface area contributed by atoms with Gasteiger partial charge in [-0.25, -0.2) is 4.98 Å². The fourth-order valence-electron chi connectivity index (χ4n) is 4.76. The summed E-state index contributed by atoms with van der Waals surface area (Å²) in [6.07, 6.45) is 2.48. The lowest BCUT2D eigenvalue weighted by molar-refractivity contribution is -0.384. The minimum absolute atomic E-state index is 0.0857. The van der Waals surface area contributed by atoms with Crippen LogP contribution < -0.4 is 9.80 Å². The summed E-state index contributed by atoms with van der Waals surface area (Å²) >= 11 is 1.38. The Labute approximate surface area is 208 Å². The number of piperazine rings is 1. The molecule has 1 aromatic heterocycles. The number of hydrogen-bond acceptors (Lipinski definition) is 8. The lowest BCUT2D eigenvalue weighted by Gasteiger charge is -2.38. The summed E-state index contributed by atoms with van der Waals surface area (Å²) in [6, 6.07) is 14.8. The van der Waals surface area contributed by atoms with Crippen molar-refractivity contribution in [3.8, 4) is 0 Å². The number of carbonyl (C=O) groups excluding carboxylic acids is 1. The normalized spacial score (nSPS) is 18.2. The number of non-ortho nitro benzene ring substituents is 1. The molecule has 1 amide bonds. The number of hydrogen-bond donors (Lipinski definition) is 0. The minimum Gasteiger partial charge on any atom is -0.368 e. The van der Waals surface area contributed by atoms with Gasteiger partial charge in [-0.05, 0) is 37.5 Å². The van der Waals surface area contributed by atoms with E-state index in [4.69, 9.17) is 4.98 Å². The van der Waals surface area contributed by atoms with Crippen LogP contribution in [-0.2, 0) is 11.2 Å². The Morgan fingerprint density at radius 2 is 1.77 bits per heavy atom. The van der Waals surface area contributed by atoms with Crippen molar-refractivity contribution in [1.82, 2.24) is 14.3 Å². The molecule has 3 aromatic rings. The Kier molecular flexibility index (Phi) is 6.63. The monoisotopic (exact) mass is 492 g/mol. The van der Waals surface area contributed by atoms with Gasteiger partial charge in [0.1, 0.15) is 11.9 Å². The molecule has 0 spiro atoms. The summed E-state index contributed by atoms with van der Waals surface area (Å²) in [5, 5.41) is 11.7. The fourth-order valence-corrected chi connectivity index (χ4v) is 5.52. The summed E-state index contributed by atoms with van der Waals surface area (Å²) < 4.78 is 4.56. The highest BCUT2D eigenvalue weighted by atomic mass is 32.1. The average molecular weight is 493 g/mol. The van der Waals surface area contributed by atoms with Crippen LogP contribution in [-0.4, -0.2) is 63.9 Å². The highest BCUT2D eigenvalue weighted by Crippen LogP contribution is 2.29. The number of benzene rings is 2. The fraction of sp³-hybridized carbons (Fsp3) is 0.400. The van der Waals surface area contributed by atoms with Crippen LogP contribution in [0.3, 0.4) is 0 Å². The summed E-state index contributed by atoms with van der Waals surface area (Å²) in [5.41, 5.74) is 3.44. The van der Waals surface area contributed by atoms with Crippen LogP contribution in [0.1, 0.15) is 29.8 Å². The van der Waals surface area contributed by atoms with E-state index in [1.807, 2.05) is 4.90 Å². The number of nitro benzene ring substituents is 1. The number of nitro groups is 1. The zero-order valence-corrected chi connectivity index (χ0v) is 20.5. The molecule has 9 nitrogen and oxygen atoms in total. The first-order chi connectivity index (χ1) is 17.0. The molecule has 0 saturated carbocycles. The van der Waals surface area contributed by atoms with Crippen molar-refractivity contribution in [1.29, 1.82) is 0 Å². The Balaban J connectivity index is 1.19. The van der Waals surface area contributed by atoms with E-state index in [9.17, 15) is 14.9 Å². The number of carbonyl (C=O) groups is 1. The van der Waals surface area contributed by atoms with Gasteiger partial charge >= 0.3 is 0 Å². The second kappa shape index (κ2) is 9.99. The Morgan fingerprint density at radius 1 is 1.06 bits per heavy atom. The maximum absolute atomic E-state index is 13.4. The molecule has 0 radical (unpaired) electrons. The smallest absolute Gasteiger partial charge is 0.269 e. The highest BCUT2D eigenvalue weighted by molar-refractivity contribution is 7.09. The Morgan fingerprint density at radius 3 is 2.46 bits per heavy atom. The van der Waals surface area contributed by atoms with Gasteiger partial charge in [0.15, 0.2) is 0 Å². The number of rotatable bonds is 6. The molecule has 5 rings (SSSR count). The second-order valence-electron chi connectivity index (χ2n) is 9.09. The topological polar surface area (TPSA) is 95.7 Å². The third-order valence-corrected chi connectivity index (χ3v) is 7.53. The largest absolute Gasteiger partial charge is 0.368 e. The molecular weight excluding hydrogens is 464 g/mol. The first-order valence-corrected chi connectivity index (χ1v) is 12.7. The van der Waals surface area contributed by atoms with Crippen molar-refractivity contribution < 1.29 is 9.72 Å². The number of aryl methyl sites for hydroxylation is 1. The molecule has 2 aromatic carbocycles. The third kappa shape index (κ3) is 5.12. The first kappa shape index (κ1) is 23.2. The van der Waals surface area contributed by atoms with Crippen molar-refractivity contribution in [2.45, 2.75) is 32.2 Å². The van der Waals surface area contributed by atoms with E-state index in [0.29, 0.717) is 32.6 Å². The molecule has 0 bridgehead atoms. The Bertz CT molecular complexity index is 1190. The van der Waals surface area contributed by atoms with E-state index in [0.717, 1.165) is 36.0 Å². The number of amides is 1. The maximum atomic E-state index is 13.4. The molecular formula is C25H28N6O3S. The minimum atomic E-state index is -0.392. The van der Waals surface area contributed by atoms with Crippen molar-refractivity contribution in [2.24, 2.45) is 0 Å². The molecule has 2 fully saturated rings. The van der Waals surface area contributed by atoms with Crippen LogP contribution in [0.15, 0.2) is 48.5 Å². The summed E-state index contributed by atoms with van der Waals surface area (Å²) in [7, 11) is 0. The zero-order valence-electron chi connectivity index (χ0n) is 19.7. The van der Waals surface area contributed by atoms with E-state index in [1.165, 1.54) is 34.8 Å². The highest BCUT2D eigenvalue weighted by Gasteiger charge is 2.36. The van der Waals surface area contributed by atoms with Crippen LogP contribution in [0, 0.1) is 17.0 Å². The van der Waals surface area contributed by atoms with Crippen LogP contribution in [0.2, 0.25) is 0 Å².